The largest absolute Gasteiger partial charge is 0.398 e. The van der Waals surface area contributed by atoms with Gasteiger partial charge in [0.2, 0.25) is 0 Å². The number of nitrogen functional groups attached to an aromatic ring is 1. The Bertz CT molecular complexity index is 689. The second kappa shape index (κ2) is 6.37. The molecule has 0 atom stereocenters. The van der Waals surface area contributed by atoms with Gasteiger partial charge < -0.3 is 16.0 Å². The van der Waals surface area contributed by atoms with Crippen LogP contribution >= 0.6 is 27.5 Å². The van der Waals surface area contributed by atoms with E-state index in [0.717, 1.165) is 10.2 Å². The summed E-state index contributed by atoms with van der Waals surface area (Å²) in [7, 11) is 3.74. The maximum Gasteiger partial charge on any atom is 0.255 e. The number of amides is 1. The quantitative estimate of drug-likeness (QED) is 0.805. The minimum Gasteiger partial charge on any atom is -0.398 e. The highest BCUT2D eigenvalue weighted by Gasteiger charge is 2.13. The van der Waals surface area contributed by atoms with E-state index in [0.29, 0.717) is 22.0 Å². The smallest absolute Gasteiger partial charge is 0.255 e. The predicted octanol–water partition coefficient (Wildman–Crippen LogP) is 4.00. The van der Waals surface area contributed by atoms with Crippen molar-refractivity contribution in [2.45, 2.75) is 0 Å². The Morgan fingerprint density at radius 1 is 1.29 bits per heavy atom. The van der Waals surface area contributed by atoms with E-state index < -0.39 is 0 Å². The van der Waals surface area contributed by atoms with Crippen LogP contribution in [0.5, 0.6) is 0 Å². The van der Waals surface area contributed by atoms with Crippen molar-refractivity contribution < 1.29 is 4.79 Å². The number of carbonyl (C=O) groups is 1. The van der Waals surface area contributed by atoms with Gasteiger partial charge in [0.05, 0.1) is 16.4 Å². The standard InChI is InChI=1S/C15H15BrClN3O/c1-20(2)14-11(17)4-3-5-13(14)19-15(21)9-6-7-10(16)12(18)8-9/h3-8H,18H2,1-2H3,(H,19,21). The lowest BCUT2D eigenvalue weighted by molar-refractivity contribution is 0.102. The summed E-state index contributed by atoms with van der Waals surface area (Å²) in [4.78, 5) is 14.2. The third-order valence-electron chi connectivity index (χ3n) is 2.94. The van der Waals surface area contributed by atoms with Gasteiger partial charge in [0.25, 0.3) is 5.91 Å². The highest BCUT2D eigenvalue weighted by atomic mass is 79.9. The second-order valence-electron chi connectivity index (χ2n) is 4.72. The van der Waals surface area contributed by atoms with Gasteiger partial charge in [0.1, 0.15) is 0 Å². The van der Waals surface area contributed by atoms with E-state index >= 15 is 0 Å². The lowest BCUT2D eigenvalue weighted by Crippen LogP contribution is -2.17. The lowest BCUT2D eigenvalue weighted by Gasteiger charge is -2.19. The number of para-hydroxylation sites is 1. The average molecular weight is 369 g/mol. The summed E-state index contributed by atoms with van der Waals surface area (Å²) in [5.41, 5.74) is 8.21. The van der Waals surface area contributed by atoms with Gasteiger partial charge in [-0.25, -0.2) is 0 Å². The zero-order valence-electron chi connectivity index (χ0n) is 11.7. The molecule has 0 saturated carbocycles. The molecule has 6 heteroatoms. The number of nitrogens with one attached hydrogen (secondary N) is 1. The Kier molecular flexibility index (Phi) is 4.75. The molecule has 1 amide bonds. The number of carbonyl (C=O) groups excluding carboxylic acids is 1. The van der Waals surface area contributed by atoms with Crippen LogP contribution in [0.1, 0.15) is 10.4 Å². The molecule has 0 aromatic heterocycles. The van der Waals surface area contributed by atoms with Crippen molar-refractivity contribution in [3.63, 3.8) is 0 Å². The van der Waals surface area contributed by atoms with Crippen molar-refractivity contribution in [2.75, 3.05) is 30.0 Å². The van der Waals surface area contributed by atoms with Crippen LogP contribution in [-0.2, 0) is 0 Å². The summed E-state index contributed by atoms with van der Waals surface area (Å²) in [5, 5.41) is 3.44. The molecule has 0 spiro atoms. The van der Waals surface area contributed by atoms with Crippen LogP contribution in [-0.4, -0.2) is 20.0 Å². The number of anilines is 3. The van der Waals surface area contributed by atoms with Crippen LogP contribution in [0.25, 0.3) is 0 Å². The number of nitrogens with two attached hydrogens (primary N) is 1. The molecule has 0 bridgehead atoms. The van der Waals surface area contributed by atoms with Gasteiger partial charge in [0, 0.05) is 29.8 Å². The number of hydrogen-bond acceptors (Lipinski definition) is 3. The summed E-state index contributed by atoms with van der Waals surface area (Å²) in [6, 6.07) is 10.5. The topological polar surface area (TPSA) is 58.4 Å². The monoisotopic (exact) mass is 367 g/mol. The summed E-state index contributed by atoms with van der Waals surface area (Å²) < 4.78 is 0.760. The summed E-state index contributed by atoms with van der Waals surface area (Å²) in [5.74, 6) is -0.237. The van der Waals surface area contributed by atoms with Crippen LogP contribution in [0, 0.1) is 0 Å². The van der Waals surface area contributed by atoms with Crippen molar-refractivity contribution in [1.82, 2.24) is 0 Å². The number of hydrogen-bond donors (Lipinski definition) is 2. The lowest BCUT2D eigenvalue weighted by atomic mass is 10.1. The van der Waals surface area contributed by atoms with Crippen LogP contribution in [0.3, 0.4) is 0 Å². The molecule has 0 heterocycles. The number of benzene rings is 2. The Hall–Kier alpha value is -1.72. The molecule has 4 nitrogen and oxygen atoms in total. The van der Waals surface area contributed by atoms with Crippen LogP contribution in [0.2, 0.25) is 5.02 Å². The fraction of sp³-hybridized carbons (Fsp3) is 0.133. The number of halogens is 2. The van der Waals surface area contributed by atoms with Gasteiger partial charge in [-0.3, -0.25) is 4.79 Å². The summed E-state index contributed by atoms with van der Waals surface area (Å²) >= 11 is 9.49. The first-order chi connectivity index (χ1) is 9.90. The van der Waals surface area contributed by atoms with Crippen molar-refractivity contribution in [3.05, 3.63) is 51.5 Å². The molecule has 2 aromatic carbocycles. The van der Waals surface area contributed by atoms with Gasteiger partial charge in [0.15, 0.2) is 0 Å². The molecule has 0 radical (unpaired) electrons. The number of nitrogens with zero attached hydrogens (tertiary/aromatic N) is 1. The normalized spacial score (nSPS) is 10.3. The van der Waals surface area contributed by atoms with E-state index in [1.165, 1.54) is 0 Å². The van der Waals surface area contributed by atoms with E-state index in [1.807, 2.05) is 19.0 Å². The SMILES string of the molecule is CN(C)c1c(Cl)cccc1NC(=O)c1ccc(Br)c(N)c1. The molecule has 0 unspecified atom stereocenters. The molecule has 21 heavy (non-hydrogen) atoms. The Morgan fingerprint density at radius 2 is 2.00 bits per heavy atom. The van der Waals surface area contributed by atoms with Crippen molar-refractivity contribution in [2.24, 2.45) is 0 Å². The van der Waals surface area contributed by atoms with E-state index in [9.17, 15) is 4.79 Å². The summed E-state index contributed by atoms with van der Waals surface area (Å²) in [6.45, 7) is 0. The van der Waals surface area contributed by atoms with Crippen LogP contribution < -0.4 is 16.0 Å². The maximum absolute atomic E-state index is 12.3. The minimum absolute atomic E-state index is 0.237. The fourth-order valence-corrected chi connectivity index (χ4v) is 2.54. The van der Waals surface area contributed by atoms with Gasteiger partial charge in [-0.1, -0.05) is 17.7 Å². The maximum atomic E-state index is 12.3. The predicted molar refractivity (Wildman–Crippen MR) is 92.3 cm³/mol. The molecule has 0 aliphatic heterocycles. The average Bonchev–Trinajstić information content (AvgIpc) is 2.41. The second-order valence-corrected chi connectivity index (χ2v) is 5.98. The van der Waals surface area contributed by atoms with Crippen molar-refractivity contribution >= 4 is 50.5 Å². The van der Waals surface area contributed by atoms with E-state index in [-0.39, 0.29) is 5.91 Å². The Morgan fingerprint density at radius 3 is 2.62 bits per heavy atom. The van der Waals surface area contributed by atoms with E-state index in [4.69, 9.17) is 17.3 Å². The highest BCUT2D eigenvalue weighted by molar-refractivity contribution is 9.10. The Labute approximate surface area is 137 Å². The van der Waals surface area contributed by atoms with Gasteiger partial charge >= 0.3 is 0 Å². The fourth-order valence-electron chi connectivity index (χ4n) is 1.95. The molecule has 0 aliphatic rings. The van der Waals surface area contributed by atoms with Gasteiger partial charge in [-0.15, -0.1) is 0 Å². The van der Waals surface area contributed by atoms with Gasteiger partial charge in [-0.2, -0.15) is 0 Å². The Balaban J connectivity index is 2.31. The van der Waals surface area contributed by atoms with Crippen LogP contribution in [0.15, 0.2) is 40.9 Å². The molecule has 2 aromatic rings. The zero-order valence-corrected chi connectivity index (χ0v) is 14.0. The first-order valence-electron chi connectivity index (χ1n) is 6.22. The highest BCUT2D eigenvalue weighted by Crippen LogP contribution is 2.32. The van der Waals surface area contributed by atoms with Crippen LogP contribution in [0.4, 0.5) is 17.1 Å². The molecule has 3 N–H and O–H groups in total. The molecule has 2 rings (SSSR count). The molecular weight excluding hydrogens is 354 g/mol. The molecule has 110 valence electrons. The zero-order chi connectivity index (χ0) is 15.6. The minimum atomic E-state index is -0.237. The van der Waals surface area contributed by atoms with Crippen molar-refractivity contribution in [3.8, 4) is 0 Å². The van der Waals surface area contributed by atoms with E-state index in [1.54, 1.807) is 36.4 Å². The third-order valence-corrected chi connectivity index (χ3v) is 3.97. The van der Waals surface area contributed by atoms with Crippen molar-refractivity contribution in [1.29, 1.82) is 0 Å². The van der Waals surface area contributed by atoms with Gasteiger partial charge in [-0.05, 0) is 46.3 Å². The molecular formula is C15H15BrClN3O. The third kappa shape index (κ3) is 3.49. The number of rotatable bonds is 3. The first-order valence-corrected chi connectivity index (χ1v) is 7.39. The van der Waals surface area contributed by atoms with E-state index in [2.05, 4.69) is 21.2 Å². The molecule has 0 saturated heterocycles. The first kappa shape index (κ1) is 15.7. The summed E-state index contributed by atoms with van der Waals surface area (Å²) in [6.07, 6.45) is 0. The molecule has 0 fully saturated rings. The molecule has 0 aliphatic carbocycles.